The standard InChI is InChI=1S/C11H13N3OS/c12-7-9-3-5-14-11(6-9)16(15)8-10-2-1-4-13-10/h3,5-6,10,13H,1-2,4,8H2/t10-,16+/m0/s1. The molecule has 0 radical (unpaired) electrons. The van der Waals surface area contributed by atoms with Crippen molar-refractivity contribution < 1.29 is 4.21 Å². The predicted octanol–water partition coefficient (Wildman–Crippen LogP) is 0.813. The van der Waals surface area contributed by atoms with Gasteiger partial charge in [-0.05, 0) is 31.5 Å². The van der Waals surface area contributed by atoms with E-state index in [1.54, 1.807) is 12.1 Å². The van der Waals surface area contributed by atoms with E-state index in [4.69, 9.17) is 5.26 Å². The van der Waals surface area contributed by atoms with Crippen LogP contribution in [0.3, 0.4) is 0 Å². The summed E-state index contributed by atoms with van der Waals surface area (Å²) in [7, 11) is -1.11. The second-order valence-corrected chi connectivity index (χ2v) is 5.24. The van der Waals surface area contributed by atoms with E-state index < -0.39 is 10.8 Å². The van der Waals surface area contributed by atoms with Crippen LogP contribution in [-0.4, -0.2) is 27.5 Å². The number of nitriles is 1. The van der Waals surface area contributed by atoms with E-state index in [1.807, 2.05) is 6.07 Å². The Hall–Kier alpha value is -1.25. The number of pyridine rings is 1. The van der Waals surface area contributed by atoms with E-state index in [1.165, 1.54) is 6.20 Å². The number of nitrogens with one attached hydrogen (secondary N) is 1. The normalized spacial score (nSPS) is 21.6. The van der Waals surface area contributed by atoms with E-state index in [0.717, 1.165) is 19.4 Å². The van der Waals surface area contributed by atoms with Crippen LogP contribution in [0.1, 0.15) is 18.4 Å². The lowest BCUT2D eigenvalue weighted by Gasteiger charge is -2.08. The van der Waals surface area contributed by atoms with E-state index in [9.17, 15) is 4.21 Å². The van der Waals surface area contributed by atoms with Crippen molar-refractivity contribution in [2.45, 2.75) is 23.9 Å². The molecule has 1 saturated heterocycles. The number of rotatable bonds is 3. The molecule has 1 aliphatic rings. The van der Waals surface area contributed by atoms with Crippen LogP contribution in [0.4, 0.5) is 0 Å². The number of hydrogen-bond donors (Lipinski definition) is 1. The van der Waals surface area contributed by atoms with Crippen molar-refractivity contribution in [3.05, 3.63) is 23.9 Å². The molecule has 1 aliphatic heterocycles. The van der Waals surface area contributed by atoms with Gasteiger partial charge in [-0.25, -0.2) is 4.98 Å². The summed E-state index contributed by atoms with van der Waals surface area (Å²) in [6, 6.07) is 5.57. The summed E-state index contributed by atoms with van der Waals surface area (Å²) in [6.07, 6.45) is 3.76. The summed E-state index contributed by atoms with van der Waals surface area (Å²) in [5, 5.41) is 12.5. The fraction of sp³-hybridized carbons (Fsp3) is 0.455. The van der Waals surface area contributed by atoms with Gasteiger partial charge in [0.1, 0.15) is 5.03 Å². The van der Waals surface area contributed by atoms with Crippen molar-refractivity contribution in [2.24, 2.45) is 0 Å². The molecule has 2 atom stereocenters. The van der Waals surface area contributed by atoms with Crippen molar-refractivity contribution in [1.82, 2.24) is 10.3 Å². The zero-order valence-electron chi connectivity index (χ0n) is 8.85. The lowest BCUT2D eigenvalue weighted by Crippen LogP contribution is -2.27. The van der Waals surface area contributed by atoms with Crippen LogP contribution in [0.15, 0.2) is 23.4 Å². The van der Waals surface area contributed by atoms with Crippen LogP contribution < -0.4 is 5.32 Å². The molecule has 0 bridgehead atoms. The molecule has 0 saturated carbocycles. The van der Waals surface area contributed by atoms with Gasteiger partial charge in [-0.3, -0.25) is 4.21 Å². The molecule has 16 heavy (non-hydrogen) atoms. The summed E-state index contributed by atoms with van der Waals surface area (Å²) >= 11 is 0. The van der Waals surface area contributed by atoms with Crippen LogP contribution in [-0.2, 0) is 10.8 Å². The van der Waals surface area contributed by atoms with Gasteiger partial charge in [-0.2, -0.15) is 5.26 Å². The van der Waals surface area contributed by atoms with E-state index in [2.05, 4.69) is 10.3 Å². The summed E-state index contributed by atoms with van der Waals surface area (Å²) in [4.78, 5) is 4.05. The molecule has 4 nitrogen and oxygen atoms in total. The molecule has 84 valence electrons. The molecule has 0 aliphatic carbocycles. The third-order valence-electron chi connectivity index (χ3n) is 2.61. The molecule has 0 spiro atoms. The molecule has 1 aromatic rings. The van der Waals surface area contributed by atoms with Gasteiger partial charge in [0.05, 0.1) is 22.4 Å². The van der Waals surface area contributed by atoms with Crippen molar-refractivity contribution in [2.75, 3.05) is 12.3 Å². The molecule has 0 aromatic carbocycles. The fourth-order valence-corrected chi connectivity index (χ4v) is 3.03. The Morgan fingerprint density at radius 1 is 1.69 bits per heavy atom. The quantitative estimate of drug-likeness (QED) is 0.842. The van der Waals surface area contributed by atoms with E-state index in [0.29, 0.717) is 22.4 Å². The first-order chi connectivity index (χ1) is 7.79. The number of hydrogen-bond acceptors (Lipinski definition) is 4. The molecule has 1 N–H and O–H groups in total. The minimum Gasteiger partial charge on any atom is -0.313 e. The second-order valence-electron chi connectivity index (χ2n) is 3.80. The van der Waals surface area contributed by atoms with Crippen LogP contribution in [0, 0.1) is 11.3 Å². The van der Waals surface area contributed by atoms with Crippen molar-refractivity contribution in [3.63, 3.8) is 0 Å². The molecule has 5 heteroatoms. The van der Waals surface area contributed by atoms with E-state index in [-0.39, 0.29) is 0 Å². The zero-order chi connectivity index (χ0) is 11.4. The Labute approximate surface area is 97.2 Å². The van der Waals surface area contributed by atoms with Crippen LogP contribution >= 0.6 is 0 Å². The van der Waals surface area contributed by atoms with Crippen molar-refractivity contribution >= 4 is 10.8 Å². The molecule has 2 heterocycles. The lowest BCUT2D eigenvalue weighted by molar-refractivity contribution is 0.641. The van der Waals surface area contributed by atoms with E-state index >= 15 is 0 Å². The smallest absolute Gasteiger partial charge is 0.128 e. The molecule has 1 fully saturated rings. The maximum atomic E-state index is 12.0. The SMILES string of the molecule is N#Cc1ccnc([S@](=O)C[C@@H]2CCCN2)c1. The fourth-order valence-electron chi connectivity index (χ4n) is 1.77. The Morgan fingerprint density at radius 2 is 2.56 bits per heavy atom. The number of nitrogens with zero attached hydrogens (tertiary/aromatic N) is 2. The highest BCUT2D eigenvalue weighted by Gasteiger charge is 2.18. The first kappa shape index (κ1) is 11.2. The second kappa shape index (κ2) is 5.19. The number of aromatic nitrogens is 1. The van der Waals surface area contributed by atoms with Gasteiger partial charge in [0.25, 0.3) is 0 Å². The van der Waals surface area contributed by atoms with Gasteiger partial charge in [0.15, 0.2) is 0 Å². The maximum Gasteiger partial charge on any atom is 0.128 e. The van der Waals surface area contributed by atoms with Crippen LogP contribution in [0.5, 0.6) is 0 Å². The Balaban J connectivity index is 2.05. The maximum absolute atomic E-state index is 12.0. The summed E-state index contributed by atoms with van der Waals surface area (Å²) in [5.41, 5.74) is 0.512. The highest BCUT2D eigenvalue weighted by molar-refractivity contribution is 7.85. The van der Waals surface area contributed by atoms with Crippen molar-refractivity contribution in [3.8, 4) is 6.07 Å². The Kier molecular flexibility index (Phi) is 3.65. The average Bonchev–Trinajstić information content (AvgIpc) is 2.82. The van der Waals surface area contributed by atoms with Crippen LogP contribution in [0.2, 0.25) is 0 Å². The van der Waals surface area contributed by atoms with Gasteiger partial charge in [-0.15, -0.1) is 0 Å². The van der Waals surface area contributed by atoms with Gasteiger partial charge >= 0.3 is 0 Å². The van der Waals surface area contributed by atoms with Crippen LogP contribution in [0.25, 0.3) is 0 Å². The molecular formula is C11H13N3OS. The highest BCUT2D eigenvalue weighted by Crippen LogP contribution is 2.11. The monoisotopic (exact) mass is 235 g/mol. The Bertz CT molecular complexity index is 435. The third kappa shape index (κ3) is 2.65. The first-order valence-corrected chi connectivity index (χ1v) is 6.59. The van der Waals surface area contributed by atoms with Gasteiger partial charge < -0.3 is 5.32 Å². The van der Waals surface area contributed by atoms with Crippen molar-refractivity contribution in [1.29, 1.82) is 5.26 Å². The summed E-state index contributed by atoms with van der Waals surface area (Å²) < 4.78 is 12.0. The van der Waals surface area contributed by atoms with Gasteiger partial charge in [0, 0.05) is 18.0 Å². The largest absolute Gasteiger partial charge is 0.313 e. The summed E-state index contributed by atoms with van der Waals surface area (Å²) in [6.45, 7) is 1.01. The minimum absolute atomic E-state index is 0.327. The average molecular weight is 235 g/mol. The Morgan fingerprint density at radius 3 is 3.25 bits per heavy atom. The predicted molar refractivity (Wildman–Crippen MR) is 61.3 cm³/mol. The molecular weight excluding hydrogens is 222 g/mol. The highest BCUT2D eigenvalue weighted by atomic mass is 32.2. The van der Waals surface area contributed by atoms with Gasteiger partial charge in [0.2, 0.25) is 0 Å². The van der Waals surface area contributed by atoms with Gasteiger partial charge in [-0.1, -0.05) is 0 Å². The topological polar surface area (TPSA) is 65.8 Å². The first-order valence-electron chi connectivity index (χ1n) is 5.27. The summed E-state index contributed by atoms with van der Waals surface area (Å²) in [5.74, 6) is 0.585. The molecule has 1 aromatic heterocycles. The zero-order valence-corrected chi connectivity index (χ0v) is 9.67. The molecule has 0 amide bonds. The minimum atomic E-state index is -1.11. The lowest BCUT2D eigenvalue weighted by atomic mass is 10.3. The molecule has 2 rings (SSSR count). The third-order valence-corrected chi connectivity index (χ3v) is 4.01. The molecule has 0 unspecified atom stereocenters.